The molecule has 0 aliphatic carbocycles. The molecule has 0 saturated carbocycles. The lowest BCUT2D eigenvalue weighted by Crippen LogP contribution is -2.34. The van der Waals surface area contributed by atoms with E-state index >= 15 is 0 Å². The van der Waals surface area contributed by atoms with Gasteiger partial charge < -0.3 is 9.73 Å². The monoisotopic (exact) mass is 357 g/mol. The van der Waals surface area contributed by atoms with E-state index in [2.05, 4.69) is 10.3 Å². The van der Waals surface area contributed by atoms with Gasteiger partial charge in [0, 0.05) is 17.6 Å². The van der Waals surface area contributed by atoms with Crippen molar-refractivity contribution >= 4 is 28.4 Å². The number of nitrogens with one attached hydrogen (secondary N) is 1. The maximum atomic E-state index is 12.8. The first-order valence-corrected chi connectivity index (χ1v) is 8.39. The standard InChI is InChI=1S/C19H20ClN3O2/c1-12-10-14(13-6-4-7-15(20)18(13)22-12)19(24)21-11-16(23(2)3)17-8-5-9-25-17/h4-10,16H,11H2,1-3H3,(H,21,24). The smallest absolute Gasteiger partial charge is 0.252 e. The van der Waals surface area contributed by atoms with E-state index in [0.29, 0.717) is 22.6 Å². The minimum absolute atomic E-state index is 0.0447. The number of likely N-dealkylation sites (N-methyl/N-ethyl adjacent to an activating group) is 1. The summed E-state index contributed by atoms with van der Waals surface area (Å²) in [6.07, 6.45) is 1.63. The summed E-state index contributed by atoms with van der Waals surface area (Å²) >= 11 is 6.23. The van der Waals surface area contributed by atoms with Gasteiger partial charge in [-0.3, -0.25) is 14.7 Å². The lowest BCUT2D eigenvalue weighted by atomic mass is 10.1. The SMILES string of the molecule is Cc1cc(C(=O)NCC(c2ccco2)N(C)C)c2cccc(Cl)c2n1. The van der Waals surface area contributed by atoms with Crippen molar-refractivity contribution in [3.8, 4) is 0 Å². The lowest BCUT2D eigenvalue weighted by Gasteiger charge is -2.22. The van der Waals surface area contributed by atoms with Gasteiger partial charge in [-0.15, -0.1) is 0 Å². The second kappa shape index (κ2) is 7.25. The number of amides is 1. The van der Waals surface area contributed by atoms with Crippen LogP contribution in [0.5, 0.6) is 0 Å². The lowest BCUT2D eigenvalue weighted by molar-refractivity contribution is 0.0940. The number of carbonyl (C=O) groups excluding carboxylic acids is 1. The van der Waals surface area contributed by atoms with Gasteiger partial charge in [-0.05, 0) is 45.3 Å². The maximum absolute atomic E-state index is 12.8. The van der Waals surface area contributed by atoms with Gasteiger partial charge in [-0.1, -0.05) is 23.7 Å². The Morgan fingerprint density at radius 2 is 2.12 bits per heavy atom. The van der Waals surface area contributed by atoms with Crippen molar-refractivity contribution in [3.63, 3.8) is 0 Å². The number of hydrogen-bond donors (Lipinski definition) is 1. The van der Waals surface area contributed by atoms with Gasteiger partial charge in [-0.2, -0.15) is 0 Å². The van der Waals surface area contributed by atoms with Crippen LogP contribution in [0.1, 0.15) is 27.9 Å². The fraction of sp³-hybridized carbons (Fsp3) is 0.263. The number of rotatable bonds is 5. The minimum atomic E-state index is -0.156. The molecule has 1 amide bonds. The van der Waals surface area contributed by atoms with E-state index in [1.54, 1.807) is 18.4 Å². The van der Waals surface area contributed by atoms with Crippen LogP contribution in [0.15, 0.2) is 47.1 Å². The largest absolute Gasteiger partial charge is 0.468 e. The van der Waals surface area contributed by atoms with Gasteiger partial charge in [0.25, 0.3) is 5.91 Å². The summed E-state index contributed by atoms with van der Waals surface area (Å²) in [5.74, 6) is 0.653. The van der Waals surface area contributed by atoms with Crippen molar-refractivity contribution < 1.29 is 9.21 Å². The Morgan fingerprint density at radius 3 is 2.80 bits per heavy atom. The van der Waals surface area contributed by atoms with Gasteiger partial charge in [0.1, 0.15) is 5.76 Å². The van der Waals surface area contributed by atoms with Crippen molar-refractivity contribution in [1.29, 1.82) is 0 Å². The van der Waals surface area contributed by atoms with Gasteiger partial charge >= 0.3 is 0 Å². The van der Waals surface area contributed by atoms with Crippen LogP contribution in [-0.2, 0) is 0 Å². The number of fused-ring (bicyclic) bond motifs is 1. The molecule has 0 spiro atoms. The van der Waals surface area contributed by atoms with Crippen LogP contribution in [0.3, 0.4) is 0 Å². The molecule has 3 rings (SSSR count). The van der Waals surface area contributed by atoms with E-state index in [0.717, 1.165) is 16.8 Å². The van der Waals surface area contributed by atoms with Crippen LogP contribution in [0.4, 0.5) is 0 Å². The third-order valence-corrected chi connectivity index (χ3v) is 4.42. The highest BCUT2D eigenvalue weighted by molar-refractivity contribution is 6.35. The first-order valence-electron chi connectivity index (χ1n) is 8.01. The molecular weight excluding hydrogens is 338 g/mol. The molecule has 1 atom stereocenters. The highest BCUT2D eigenvalue weighted by atomic mass is 35.5. The van der Waals surface area contributed by atoms with Crippen LogP contribution >= 0.6 is 11.6 Å². The summed E-state index contributed by atoms with van der Waals surface area (Å²) in [7, 11) is 3.90. The van der Waals surface area contributed by atoms with Crippen molar-refractivity contribution in [2.75, 3.05) is 20.6 Å². The molecule has 130 valence electrons. The number of benzene rings is 1. The number of aromatic nitrogens is 1. The normalized spacial score (nSPS) is 12.5. The number of halogens is 1. The van der Waals surface area contributed by atoms with Gasteiger partial charge in [0.15, 0.2) is 0 Å². The zero-order chi connectivity index (χ0) is 18.0. The van der Waals surface area contributed by atoms with E-state index in [-0.39, 0.29) is 11.9 Å². The molecule has 2 heterocycles. The van der Waals surface area contributed by atoms with Crippen LogP contribution in [-0.4, -0.2) is 36.4 Å². The van der Waals surface area contributed by atoms with Crippen molar-refractivity contribution in [2.45, 2.75) is 13.0 Å². The predicted octanol–water partition coefficient (Wildman–Crippen LogP) is 3.82. The van der Waals surface area contributed by atoms with E-state index in [9.17, 15) is 4.79 Å². The number of nitrogens with zero attached hydrogens (tertiary/aromatic N) is 2. The number of pyridine rings is 1. The first-order chi connectivity index (χ1) is 12.0. The predicted molar refractivity (Wildman–Crippen MR) is 99.0 cm³/mol. The Kier molecular flexibility index (Phi) is 5.06. The summed E-state index contributed by atoms with van der Waals surface area (Å²) in [5, 5.41) is 4.28. The number of aryl methyl sites for hydroxylation is 1. The van der Waals surface area contributed by atoms with E-state index < -0.39 is 0 Å². The molecule has 3 aromatic rings. The van der Waals surface area contributed by atoms with Crippen molar-refractivity contribution in [3.05, 3.63) is 64.7 Å². The Bertz CT molecular complexity index is 891. The Morgan fingerprint density at radius 1 is 1.32 bits per heavy atom. The fourth-order valence-corrected chi connectivity index (χ4v) is 3.05. The van der Waals surface area contributed by atoms with Gasteiger partial charge in [0.05, 0.1) is 28.4 Å². The number of carbonyl (C=O) groups is 1. The summed E-state index contributed by atoms with van der Waals surface area (Å²) in [6, 6.07) is 10.9. The molecule has 1 unspecified atom stereocenters. The Labute approximate surface area is 151 Å². The molecule has 2 aromatic heterocycles. The Balaban J connectivity index is 1.86. The van der Waals surface area contributed by atoms with Crippen LogP contribution < -0.4 is 5.32 Å². The molecule has 0 aliphatic rings. The van der Waals surface area contributed by atoms with Gasteiger partial charge in [0.2, 0.25) is 0 Å². The summed E-state index contributed by atoms with van der Waals surface area (Å²) in [4.78, 5) is 19.2. The molecule has 0 saturated heterocycles. The quantitative estimate of drug-likeness (QED) is 0.754. The van der Waals surface area contributed by atoms with Crippen LogP contribution in [0, 0.1) is 6.92 Å². The molecule has 0 aliphatic heterocycles. The molecule has 25 heavy (non-hydrogen) atoms. The average molecular weight is 358 g/mol. The second-order valence-electron chi connectivity index (χ2n) is 6.15. The zero-order valence-electron chi connectivity index (χ0n) is 14.4. The summed E-state index contributed by atoms with van der Waals surface area (Å²) in [6.45, 7) is 2.29. The topological polar surface area (TPSA) is 58.4 Å². The van der Waals surface area contributed by atoms with E-state index in [4.69, 9.17) is 16.0 Å². The number of hydrogen-bond acceptors (Lipinski definition) is 4. The molecule has 0 fully saturated rings. The summed E-state index contributed by atoms with van der Waals surface area (Å²) < 4.78 is 5.48. The van der Waals surface area contributed by atoms with Crippen LogP contribution in [0.2, 0.25) is 5.02 Å². The van der Waals surface area contributed by atoms with E-state index in [1.807, 2.05) is 50.2 Å². The average Bonchev–Trinajstić information content (AvgIpc) is 3.09. The highest BCUT2D eigenvalue weighted by Gasteiger charge is 2.19. The van der Waals surface area contributed by atoms with Crippen LogP contribution in [0.25, 0.3) is 10.9 Å². The summed E-state index contributed by atoms with van der Waals surface area (Å²) in [5.41, 5.74) is 1.97. The second-order valence-corrected chi connectivity index (χ2v) is 6.56. The highest BCUT2D eigenvalue weighted by Crippen LogP contribution is 2.25. The molecule has 1 aromatic carbocycles. The third-order valence-electron chi connectivity index (χ3n) is 4.11. The zero-order valence-corrected chi connectivity index (χ0v) is 15.2. The molecule has 0 bridgehead atoms. The maximum Gasteiger partial charge on any atom is 0.252 e. The molecular formula is C19H20ClN3O2. The fourth-order valence-electron chi connectivity index (χ4n) is 2.83. The number of para-hydroxylation sites is 1. The molecule has 1 N–H and O–H groups in total. The van der Waals surface area contributed by atoms with Crippen molar-refractivity contribution in [1.82, 2.24) is 15.2 Å². The first kappa shape index (κ1) is 17.5. The molecule has 6 heteroatoms. The molecule has 5 nitrogen and oxygen atoms in total. The molecule has 0 radical (unpaired) electrons. The van der Waals surface area contributed by atoms with E-state index in [1.165, 1.54) is 0 Å². The third kappa shape index (κ3) is 3.67. The van der Waals surface area contributed by atoms with Gasteiger partial charge in [-0.25, -0.2) is 0 Å². The Hall–Kier alpha value is -2.37. The van der Waals surface area contributed by atoms with Crippen molar-refractivity contribution in [2.24, 2.45) is 0 Å². The minimum Gasteiger partial charge on any atom is -0.468 e. The number of furan rings is 1.